The molecule has 2 aromatic rings. The van der Waals surface area contributed by atoms with Crippen molar-refractivity contribution in [1.82, 2.24) is 4.98 Å². The highest BCUT2D eigenvalue weighted by atomic mass is 15.2. The third kappa shape index (κ3) is 2.33. The minimum absolute atomic E-state index is 0.754. The van der Waals surface area contributed by atoms with Crippen LogP contribution in [0.5, 0.6) is 0 Å². The van der Waals surface area contributed by atoms with Crippen LogP contribution in [0.15, 0.2) is 24.3 Å². The molecule has 1 N–H and O–H groups in total. The van der Waals surface area contributed by atoms with Crippen molar-refractivity contribution in [3.63, 3.8) is 0 Å². The molecule has 2 rings (SSSR count). The molecule has 3 heteroatoms. The van der Waals surface area contributed by atoms with Crippen LogP contribution in [-0.2, 0) is 0 Å². The highest BCUT2D eigenvalue weighted by molar-refractivity contribution is 5.91. The Hall–Kier alpha value is -1.95. The second-order valence-corrected chi connectivity index (χ2v) is 4.63. The quantitative estimate of drug-likeness (QED) is 0.812. The van der Waals surface area contributed by atoms with Crippen LogP contribution in [0.25, 0.3) is 10.9 Å². The maximum atomic E-state index is 9.33. The smallest absolute Gasteiger partial charge is 0.124 e. The molecule has 1 aromatic heterocycles. The number of rotatable bonds is 5. The molecular formula is C15H19N3. The number of para-hydroxylation sites is 1. The zero-order chi connectivity index (χ0) is 13.0. The summed E-state index contributed by atoms with van der Waals surface area (Å²) in [6, 6.07) is 10.3. The molecule has 0 unspecified atom stereocenters. The van der Waals surface area contributed by atoms with Gasteiger partial charge in [-0.1, -0.05) is 38.0 Å². The predicted molar refractivity (Wildman–Crippen MR) is 75.8 cm³/mol. The van der Waals surface area contributed by atoms with Crippen molar-refractivity contribution < 1.29 is 0 Å². The van der Waals surface area contributed by atoms with E-state index in [4.69, 9.17) is 0 Å². The SMILES string of the molecule is CCCCCN(C)c1[nH]c2ccccc2c1C#N. The zero-order valence-corrected chi connectivity index (χ0v) is 11.0. The molecule has 0 aliphatic heterocycles. The first kappa shape index (κ1) is 12.5. The average molecular weight is 241 g/mol. The molecule has 1 heterocycles. The van der Waals surface area contributed by atoms with Gasteiger partial charge in [0.15, 0.2) is 0 Å². The molecule has 0 fully saturated rings. The average Bonchev–Trinajstić information content (AvgIpc) is 2.77. The van der Waals surface area contributed by atoms with E-state index in [1.165, 1.54) is 12.8 Å². The molecule has 0 radical (unpaired) electrons. The van der Waals surface area contributed by atoms with Crippen molar-refractivity contribution in [2.24, 2.45) is 0 Å². The standard InChI is InChI=1S/C15H19N3/c1-3-4-7-10-18(2)15-13(11-16)12-8-5-6-9-14(12)17-15/h5-6,8-9,17H,3-4,7,10H2,1-2H3. The van der Waals surface area contributed by atoms with Gasteiger partial charge in [-0.05, 0) is 12.5 Å². The fourth-order valence-corrected chi connectivity index (χ4v) is 2.24. The predicted octanol–water partition coefficient (Wildman–Crippen LogP) is 3.67. The van der Waals surface area contributed by atoms with Gasteiger partial charge in [0, 0.05) is 24.5 Å². The van der Waals surface area contributed by atoms with Crippen LogP contribution in [0.4, 0.5) is 5.82 Å². The Labute approximate surface area is 108 Å². The number of nitrogens with one attached hydrogen (secondary N) is 1. The number of nitrogens with zero attached hydrogens (tertiary/aromatic N) is 2. The summed E-state index contributed by atoms with van der Waals surface area (Å²) in [6.45, 7) is 3.18. The van der Waals surface area contributed by atoms with Crippen molar-refractivity contribution >= 4 is 16.7 Å². The van der Waals surface area contributed by atoms with Crippen LogP contribution < -0.4 is 4.90 Å². The first-order valence-corrected chi connectivity index (χ1v) is 6.50. The maximum absolute atomic E-state index is 9.33. The Morgan fingerprint density at radius 3 is 2.78 bits per heavy atom. The lowest BCUT2D eigenvalue weighted by atomic mass is 10.2. The molecule has 94 valence electrons. The second-order valence-electron chi connectivity index (χ2n) is 4.63. The number of unbranched alkanes of at least 4 members (excludes halogenated alkanes) is 2. The highest BCUT2D eigenvalue weighted by Crippen LogP contribution is 2.27. The van der Waals surface area contributed by atoms with Crippen molar-refractivity contribution in [2.75, 3.05) is 18.5 Å². The zero-order valence-electron chi connectivity index (χ0n) is 11.0. The van der Waals surface area contributed by atoms with E-state index in [0.29, 0.717) is 0 Å². The van der Waals surface area contributed by atoms with E-state index in [2.05, 4.69) is 22.9 Å². The number of H-pyrrole nitrogens is 1. The number of fused-ring (bicyclic) bond motifs is 1. The van der Waals surface area contributed by atoms with E-state index in [-0.39, 0.29) is 0 Å². The molecule has 0 aliphatic rings. The van der Waals surface area contributed by atoms with Crippen molar-refractivity contribution in [3.8, 4) is 6.07 Å². The number of nitriles is 1. The lowest BCUT2D eigenvalue weighted by molar-refractivity contribution is 0.702. The number of benzene rings is 1. The molecule has 0 amide bonds. The Morgan fingerprint density at radius 1 is 1.28 bits per heavy atom. The Balaban J connectivity index is 2.30. The second kappa shape index (κ2) is 5.59. The van der Waals surface area contributed by atoms with E-state index < -0.39 is 0 Å². The molecule has 3 nitrogen and oxygen atoms in total. The van der Waals surface area contributed by atoms with Crippen LogP contribution in [-0.4, -0.2) is 18.6 Å². The van der Waals surface area contributed by atoms with Gasteiger partial charge in [0.25, 0.3) is 0 Å². The molecule has 0 spiro atoms. The molecular weight excluding hydrogens is 222 g/mol. The van der Waals surface area contributed by atoms with Gasteiger partial charge in [-0.3, -0.25) is 0 Å². The molecule has 0 bridgehead atoms. The lowest BCUT2D eigenvalue weighted by Gasteiger charge is -2.17. The summed E-state index contributed by atoms with van der Waals surface area (Å²) in [5, 5.41) is 10.3. The molecule has 18 heavy (non-hydrogen) atoms. The van der Waals surface area contributed by atoms with Gasteiger partial charge in [0.1, 0.15) is 17.5 Å². The Morgan fingerprint density at radius 2 is 2.06 bits per heavy atom. The summed E-state index contributed by atoms with van der Waals surface area (Å²) in [4.78, 5) is 5.49. The van der Waals surface area contributed by atoms with Crippen LogP contribution in [0, 0.1) is 11.3 Å². The van der Waals surface area contributed by atoms with Crippen LogP contribution >= 0.6 is 0 Å². The van der Waals surface area contributed by atoms with E-state index >= 15 is 0 Å². The van der Waals surface area contributed by atoms with Crippen LogP contribution in [0.2, 0.25) is 0 Å². The molecule has 0 aliphatic carbocycles. The normalized spacial score (nSPS) is 10.5. The third-order valence-corrected chi connectivity index (χ3v) is 3.28. The third-order valence-electron chi connectivity index (χ3n) is 3.28. The van der Waals surface area contributed by atoms with E-state index in [1.807, 2.05) is 31.3 Å². The van der Waals surface area contributed by atoms with Gasteiger partial charge < -0.3 is 9.88 Å². The van der Waals surface area contributed by atoms with Crippen molar-refractivity contribution in [1.29, 1.82) is 5.26 Å². The minimum Gasteiger partial charge on any atom is -0.360 e. The van der Waals surface area contributed by atoms with Gasteiger partial charge in [-0.15, -0.1) is 0 Å². The number of aromatic amines is 1. The van der Waals surface area contributed by atoms with Gasteiger partial charge in [0.05, 0.1) is 0 Å². The Bertz CT molecular complexity index is 563. The fraction of sp³-hybridized carbons (Fsp3) is 0.400. The first-order chi connectivity index (χ1) is 8.77. The van der Waals surface area contributed by atoms with E-state index in [1.54, 1.807) is 0 Å². The minimum atomic E-state index is 0.754. The number of anilines is 1. The van der Waals surface area contributed by atoms with E-state index in [9.17, 15) is 5.26 Å². The topological polar surface area (TPSA) is 42.8 Å². The van der Waals surface area contributed by atoms with Gasteiger partial charge in [-0.2, -0.15) is 5.26 Å². The summed E-state index contributed by atoms with van der Waals surface area (Å²) < 4.78 is 0. The Kier molecular flexibility index (Phi) is 3.88. The summed E-state index contributed by atoms with van der Waals surface area (Å²) in [7, 11) is 2.04. The first-order valence-electron chi connectivity index (χ1n) is 6.50. The number of hydrogen-bond acceptors (Lipinski definition) is 2. The van der Waals surface area contributed by atoms with Gasteiger partial charge in [-0.25, -0.2) is 0 Å². The summed E-state index contributed by atoms with van der Waals surface area (Å²) in [5.74, 6) is 0.940. The molecule has 1 aromatic carbocycles. The van der Waals surface area contributed by atoms with E-state index in [0.717, 1.165) is 35.2 Å². The van der Waals surface area contributed by atoms with Crippen molar-refractivity contribution in [2.45, 2.75) is 26.2 Å². The summed E-state index contributed by atoms with van der Waals surface area (Å²) >= 11 is 0. The molecule has 0 saturated heterocycles. The number of aromatic nitrogens is 1. The van der Waals surface area contributed by atoms with Crippen molar-refractivity contribution in [3.05, 3.63) is 29.8 Å². The summed E-state index contributed by atoms with van der Waals surface area (Å²) in [5.41, 5.74) is 1.79. The van der Waals surface area contributed by atoms with Gasteiger partial charge >= 0.3 is 0 Å². The highest BCUT2D eigenvalue weighted by Gasteiger charge is 2.13. The van der Waals surface area contributed by atoms with Gasteiger partial charge in [0.2, 0.25) is 0 Å². The fourth-order valence-electron chi connectivity index (χ4n) is 2.24. The number of hydrogen-bond donors (Lipinski definition) is 1. The maximum Gasteiger partial charge on any atom is 0.124 e. The lowest BCUT2D eigenvalue weighted by Crippen LogP contribution is -2.19. The monoisotopic (exact) mass is 241 g/mol. The van der Waals surface area contributed by atoms with Crippen LogP contribution in [0.3, 0.4) is 0 Å². The van der Waals surface area contributed by atoms with Crippen LogP contribution in [0.1, 0.15) is 31.7 Å². The molecule has 0 saturated carbocycles. The molecule has 0 atom stereocenters. The summed E-state index contributed by atoms with van der Waals surface area (Å²) in [6.07, 6.45) is 3.60. The largest absolute Gasteiger partial charge is 0.360 e.